The molecule has 0 spiro atoms. The summed E-state index contributed by atoms with van der Waals surface area (Å²) in [4.78, 5) is 22.5. The molecule has 5 nitrogen and oxygen atoms in total. The summed E-state index contributed by atoms with van der Waals surface area (Å²) in [7, 11) is 0. The fourth-order valence-corrected chi connectivity index (χ4v) is 2.35. The lowest BCUT2D eigenvalue weighted by atomic mass is 10.1. The molecule has 1 aliphatic rings. The number of hydrogen-bond donors (Lipinski definition) is 1. The van der Waals surface area contributed by atoms with Gasteiger partial charge in [-0.2, -0.15) is 5.06 Å². The average Bonchev–Trinajstić information content (AvgIpc) is 2.93. The summed E-state index contributed by atoms with van der Waals surface area (Å²) in [5.41, 5.74) is 0.850. The number of carbonyl (C=O) groups is 2. The molecule has 5 heteroatoms. The van der Waals surface area contributed by atoms with Crippen LogP contribution in [0.1, 0.15) is 24.8 Å². The van der Waals surface area contributed by atoms with Gasteiger partial charge in [0, 0.05) is 5.92 Å². The van der Waals surface area contributed by atoms with Crippen LogP contribution in [0, 0.1) is 5.92 Å². The Morgan fingerprint density at radius 3 is 2.79 bits per heavy atom. The van der Waals surface area contributed by atoms with Crippen LogP contribution in [0.5, 0.6) is 0 Å². The molecule has 2 atom stereocenters. The highest BCUT2D eigenvalue weighted by Gasteiger charge is 2.34. The molecule has 0 saturated heterocycles. The second kappa shape index (κ2) is 6.33. The Balaban J connectivity index is 1.87. The molecule has 1 aromatic carbocycles. The molecule has 1 fully saturated rings. The first-order chi connectivity index (χ1) is 9.22. The van der Waals surface area contributed by atoms with Gasteiger partial charge in [-0.3, -0.25) is 5.21 Å². The van der Waals surface area contributed by atoms with Gasteiger partial charge in [0.05, 0.1) is 6.04 Å². The van der Waals surface area contributed by atoms with Crippen molar-refractivity contribution in [2.75, 3.05) is 0 Å². The zero-order valence-electron chi connectivity index (χ0n) is 10.6. The predicted octanol–water partition coefficient (Wildman–Crippen LogP) is 2.38. The number of nitrogens with zero attached hydrogens (tertiary/aromatic N) is 1. The first-order valence-corrected chi connectivity index (χ1v) is 6.36. The number of carbonyl (C=O) groups excluding carboxylic acids is 2. The standard InChI is InChI=1S/C14H17NO4/c16-9-12-7-4-8-13(12)15(18)14(17)19-10-11-5-2-1-3-6-11/h1-3,5-6,9,12-13,18H,4,7-8,10H2/t12-,13+/m0/s1. The summed E-state index contributed by atoms with van der Waals surface area (Å²) in [6.45, 7) is 0.106. The van der Waals surface area contributed by atoms with E-state index in [9.17, 15) is 14.8 Å². The van der Waals surface area contributed by atoms with E-state index in [1.54, 1.807) is 0 Å². The predicted molar refractivity (Wildman–Crippen MR) is 67.4 cm³/mol. The monoisotopic (exact) mass is 263 g/mol. The fourth-order valence-electron chi connectivity index (χ4n) is 2.35. The number of aldehydes is 1. The van der Waals surface area contributed by atoms with E-state index in [0.717, 1.165) is 18.3 Å². The van der Waals surface area contributed by atoms with Crippen LogP contribution in [0.4, 0.5) is 4.79 Å². The summed E-state index contributed by atoms with van der Waals surface area (Å²) in [6.07, 6.45) is 2.16. The Kier molecular flexibility index (Phi) is 4.52. The number of rotatable bonds is 4. The van der Waals surface area contributed by atoms with Crippen LogP contribution in [0.25, 0.3) is 0 Å². The lowest BCUT2D eigenvalue weighted by Gasteiger charge is -2.24. The lowest BCUT2D eigenvalue weighted by Crippen LogP contribution is -2.40. The number of hydroxylamine groups is 2. The van der Waals surface area contributed by atoms with Crippen molar-refractivity contribution in [1.29, 1.82) is 0 Å². The van der Waals surface area contributed by atoms with E-state index in [2.05, 4.69) is 0 Å². The van der Waals surface area contributed by atoms with E-state index < -0.39 is 12.1 Å². The molecule has 1 N–H and O–H groups in total. The maximum absolute atomic E-state index is 11.7. The topological polar surface area (TPSA) is 66.8 Å². The van der Waals surface area contributed by atoms with Crippen LogP contribution in [0.2, 0.25) is 0 Å². The Hall–Kier alpha value is -1.88. The Morgan fingerprint density at radius 2 is 2.11 bits per heavy atom. The van der Waals surface area contributed by atoms with Crippen molar-refractivity contribution in [1.82, 2.24) is 5.06 Å². The number of hydrogen-bond acceptors (Lipinski definition) is 4. The molecular weight excluding hydrogens is 246 g/mol. The number of benzene rings is 1. The first kappa shape index (κ1) is 13.5. The smallest absolute Gasteiger partial charge is 0.434 e. The fraction of sp³-hybridized carbons (Fsp3) is 0.429. The molecule has 0 bridgehead atoms. The molecule has 2 rings (SSSR count). The van der Waals surface area contributed by atoms with Crippen molar-refractivity contribution >= 4 is 12.4 Å². The van der Waals surface area contributed by atoms with Crippen molar-refractivity contribution in [3.8, 4) is 0 Å². The van der Waals surface area contributed by atoms with Crippen molar-refractivity contribution in [3.63, 3.8) is 0 Å². The minimum atomic E-state index is -0.803. The maximum Gasteiger partial charge on any atom is 0.434 e. The Labute approximate surface area is 111 Å². The minimum absolute atomic E-state index is 0.106. The van der Waals surface area contributed by atoms with Gasteiger partial charge in [0.1, 0.15) is 12.9 Å². The second-order valence-corrected chi connectivity index (χ2v) is 4.68. The zero-order valence-corrected chi connectivity index (χ0v) is 10.6. The van der Waals surface area contributed by atoms with Crippen molar-refractivity contribution < 1.29 is 19.5 Å². The summed E-state index contributed by atoms with van der Waals surface area (Å²) in [5.74, 6) is -0.297. The summed E-state index contributed by atoms with van der Waals surface area (Å²) >= 11 is 0. The Morgan fingerprint density at radius 1 is 1.37 bits per heavy atom. The van der Waals surface area contributed by atoms with Gasteiger partial charge < -0.3 is 9.53 Å². The first-order valence-electron chi connectivity index (χ1n) is 6.36. The molecule has 1 saturated carbocycles. The van der Waals surface area contributed by atoms with Crippen LogP contribution in [0.15, 0.2) is 30.3 Å². The van der Waals surface area contributed by atoms with Crippen LogP contribution in [-0.4, -0.2) is 28.7 Å². The highest BCUT2D eigenvalue weighted by molar-refractivity contribution is 5.68. The molecule has 0 aromatic heterocycles. The van der Waals surface area contributed by atoms with Gasteiger partial charge in [0.25, 0.3) is 0 Å². The van der Waals surface area contributed by atoms with Crippen LogP contribution < -0.4 is 0 Å². The van der Waals surface area contributed by atoms with Gasteiger partial charge in [0.2, 0.25) is 0 Å². The van der Waals surface area contributed by atoms with Gasteiger partial charge in [0.15, 0.2) is 0 Å². The van der Waals surface area contributed by atoms with Gasteiger partial charge in [-0.05, 0) is 18.4 Å². The molecule has 102 valence electrons. The largest absolute Gasteiger partial charge is 0.443 e. The molecular formula is C14H17NO4. The quantitative estimate of drug-likeness (QED) is 0.514. The molecule has 0 heterocycles. The van der Waals surface area contributed by atoms with Crippen molar-refractivity contribution in [2.24, 2.45) is 5.92 Å². The van der Waals surface area contributed by atoms with Gasteiger partial charge in [-0.15, -0.1) is 0 Å². The molecule has 1 amide bonds. The summed E-state index contributed by atoms with van der Waals surface area (Å²) < 4.78 is 5.02. The highest BCUT2D eigenvalue weighted by atomic mass is 16.6. The number of ether oxygens (including phenoxy) is 1. The van der Waals surface area contributed by atoms with Crippen molar-refractivity contribution in [3.05, 3.63) is 35.9 Å². The molecule has 0 radical (unpaired) electrons. The highest BCUT2D eigenvalue weighted by Crippen LogP contribution is 2.28. The van der Waals surface area contributed by atoms with Gasteiger partial charge >= 0.3 is 6.09 Å². The minimum Gasteiger partial charge on any atom is -0.443 e. The van der Waals surface area contributed by atoms with Crippen molar-refractivity contribution in [2.45, 2.75) is 31.9 Å². The Bertz CT molecular complexity index is 434. The normalized spacial score (nSPS) is 21.9. The van der Waals surface area contributed by atoms with E-state index in [1.165, 1.54) is 0 Å². The van der Waals surface area contributed by atoms with E-state index in [0.29, 0.717) is 17.9 Å². The van der Waals surface area contributed by atoms with Gasteiger partial charge in [-0.25, -0.2) is 4.79 Å². The molecule has 1 aromatic rings. The van der Waals surface area contributed by atoms with E-state index in [4.69, 9.17) is 4.74 Å². The summed E-state index contributed by atoms with van der Waals surface area (Å²) in [6, 6.07) is 8.77. The third-order valence-electron chi connectivity index (χ3n) is 3.41. The summed E-state index contributed by atoms with van der Waals surface area (Å²) in [5, 5.41) is 10.4. The SMILES string of the molecule is O=C[C@@H]1CCC[C@H]1N(O)C(=O)OCc1ccccc1. The third-order valence-corrected chi connectivity index (χ3v) is 3.41. The van der Waals surface area contributed by atoms with E-state index in [-0.39, 0.29) is 12.5 Å². The number of amides is 1. The molecule has 0 aliphatic heterocycles. The second-order valence-electron chi connectivity index (χ2n) is 4.68. The van der Waals surface area contributed by atoms with Crippen LogP contribution in [0.3, 0.4) is 0 Å². The van der Waals surface area contributed by atoms with E-state index >= 15 is 0 Å². The molecule has 0 unspecified atom stereocenters. The third kappa shape index (κ3) is 3.32. The lowest BCUT2D eigenvalue weighted by molar-refractivity contribution is -0.128. The van der Waals surface area contributed by atoms with E-state index in [1.807, 2.05) is 30.3 Å². The molecule has 19 heavy (non-hydrogen) atoms. The zero-order chi connectivity index (χ0) is 13.7. The maximum atomic E-state index is 11.7. The van der Waals surface area contributed by atoms with Gasteiger partial charge in [-0.1, -0.05) is 36.8 Å². The van der Waals surface area contributed by atoms with Crippen LogP contribution >= 0.6 is 0 Å². The average molecular weight is 263 g/mol. The van der Waals surface area contributed by atoms with Crippen LogP contribution in [-0.2, 0) is 16.1 Å². The molecule has 1 aliphatic carbocycles.